The summed E-state index contributed by atoms with van der Waals surface area (Å²) < 4.78 is 17.4. The first-order chi connectivity index (χ1) is 16.6. The smallest absolute Gasteiger partial charge is 0.225 e. The molecule has 0 N–H and O–H groups in total. The zero-order valence-electron chi connectivity index (χ0n) is 19.7. The highest BCUT2D eigenvalue weighted by molar-refractivity contribution is 5.44. The van der Waals surface area contributed by atoms with Crippen LogP contribution in [0.1, 0.15) is 35.2 Å². The molecule has 34 heavy (non-hydrogen) atoms. The first-order valence-corrected chi connectivity index (χ1v) is 12.2. The molecule has 0 saturated carbocycles. The lowest BCUT2D eigenvalue weighted by Crippen LogP contribution is -2.47. The fourth-order valence-electron chi connectivity index (χ4n) is 5.40. The number of rotatable bonds is 6. The molecule has 3 aromatic rings. The molecule has 3 saturated heterocycles. The third-order valence-electron chi connectivity index (χ3n) is 7.70. The van der Waals surface area contributed by atoms with E-state index in [1.807, 2.05) is 12.3 Å². The highest BCUT2D eigenvalue weighted by Crippen LogP contribution is 2.40. The maximum Gasteiger partial charge on any atom is 0.225 e. The van der Waals surface area contributed by atoms with Crippen molar-refractivity contribution >= 4 is 5.95 Å². The Labute approximate surface area is 200 Å². The van der Waals surface area contributed by atoms with Gasteiger partial charge in [0.25, 0.3) is 0 Å². The summed E-state index contributed by atoms with van der Waals surface area (Å²) in [5.41, 5.74) is 4.95. The first-order valence-electron chi connectivity index (χ1n) is 12.2. The Morgan fingerprint density at radius 2 is 1.68 bits per heavy atom. The summed E-state index contributed by atoms with van der Waals surface area (Å²) in [7, 11) is 0. The summed E-state index contributed by atoms with van der Waals surface area (Å²) in [6.07, 6.45) is 4.13. The van der Waals surface area contributed by atoms with Crippen LogP contribution in [0.3, 0.4) is 0 Å². The van der Waals surface area contributed by atoms with E-state index in [0.29, 0.717) is 25.2 Å². The molecule has 1 unspecified atom stereocenters. The lowest BCUT2D eigenvalue weighted by molar-refractivity contribution is -0.0380. The van der Waals surface area contributed by atoms with E-state index >= 15 is 0 Å². The average molecular weight is 458 g/mol. The summed E-state index contributed by atoms with van der Waals surface area (Å²) in [6.45, 7) is 7.66. The van der Waals surface area contributed by atoms with Gasteiger partial charge in [0.1, 0.15) is 12.4 Å². The van der Waals surface area contributed by atoms with Gasteiger partial charge < -0.3 is 19.1 Å². The summed E-state index contributed by atoms with van der Waals surface area (Å²) in [5.74, 6) is 1.64. The van der Waals surface area contributed by atoms with Crippen LogP contribution in [-0.2, 0) is 21.5 Å². The Bertz CT molecular complexity index is 1140. The maximum absolute atomic E-state index is 6.08. The van der Waals surface area contributed by atoms with Crippen molar-refractivity contribution in [2.75, 3.05) is 44.4 Å². The van der Waals surface area contributed by atoms with E-state index in [1.165, 1.54) is 16.7 Å². The molecule has 0 amide bonds. The fraction of sp³-hybridized carbons (Fsp3) is 0.429. The van der Waals surface area contributed by atoms with Gasteiger partial charge in [0.05, 0.1) is 30.9 Å². The Hall–Kier alpha value is -2.96. The van der Waals surface area contributed by atoms with E-state index in [2.05, 4.69) is 65.3 Å². The number of nitrogens with zero attached hydrogens (tertiary/aromatic N) is 3. The van der Waals surface area contributed by atoms with Gasteiger partial charge in [-0.2, -0.15) is 0 Å². The van der Waals surface area contributed by atoms with Gasteiger partial charge in [-0.25, -0.2) is 9.97 Å². The van der Waals surface area contributed by atoms with Crippen molar-refractivity contribution < 1.29 is 14.2 Å². The van der Waals surface area contributed by atoms with Gasteiger partial charge in [0, 0.05) is 31.3 Å². The van der Waals surface area contributed by atoms with Crippen molar-refractivity contribution in [3.63, 3.8) is 0 Å². The van der Waals surface area contributed by atoms with Crippen LogP contribution in [-0.4, -0.2) is 49.5 Å². The standard InChI is InChI=1S/C28H31N3O3/c1-21-2-4-22(5-3-21)28(19-33-20-28)23-6-8-25(9-7-23)34-16-24-10-13-29-26(30-24)31-14-11-27(17-31)12-15-32-18-27/h2-10,13H,11-12,14-20H2,1H3. The molecule has 2 aromatic carbocycles. The third-order valence-corrected chi connectivity index (χ3v) is 7.70. The van der Waals surface area contributed by atoms with Crippen molar-refractivity contribution in [2.45, 2.75) is 31.8 Å². The summed E-state index contributed by atoms with van der Waals surface area (Å²) >= 11 is 0. The molecular weight excluding hydrogens is 426 g/mol. The molecule has 1 atom stereocenters. The highest BCUT2D eigenvalue weighted by Gasteiger charge is 2.43. The van der Waals surface area contributed by atoms with E-state index < -0.39 is 0 Å². The van der Waals surface area contributed by atoms with Crippen molar-refractivity contribution in [3.05, 3.63) is 83.2 Å². The van der Waals surface area contributed by atoms with Crippen LogP contribution >= 0.6 is 0 Å². The Kier molecular flexibility index (Phi) is 5.50. The Morgan fingerprint density at radius 1 is 0.912 bits per heavy atom. The summed E-state index contributed by atoms with van der Waals surface area (Å²) in [4.78, 5) is 11.6. The average Bonchev–Trinajstić information content (AvgIpc) is 3.49. The fourth-order valence-corrected chi connectivity index (χ4v) is 5.40. The summed E-state index contributed by atoms with van der Waals surface area (Å²) in [6, 6.07) is 19.1. The van der Waals surface area contributed by atoms with E-state index in [-0.39, 0.29) is 5.41 Å². The molecule has 176 valence electrons. The van der Waals surface area contributed by atoms with E-state index in [4.69, 9.17) is 19.2 Å². The molecule has 3 fully saturated rings. The van der Waals surface area contributed by atoms with Crippen LogP contribution in [0.4, 0.5) is 5.95 Å². The molecule has 0 bridgehead atoms. The molecule has 6 nitrogen and oxygen atoms in total. The van der Waals surface area contributed by atoms with E-state index in [9.17, 15) is 0 Å². The van der Waals surface area contributed by atoms with Crippen molar-refractivity contribution in [1.82, 2.24) is 9.97 Å². The van der Waals surface area contributed by atoms with Crippen molar-refractivity contribution in [1.29, 1.82) is 0 Å². The minimum atomic E-state index is -0.0643. The largest absolute Gasteiger partial charge is 0.487 e. The van der Waals surface area contributed by atoms with Gasteiger partial charge in [-0.1, -0.05) is 42.0 Å². The molecule has 6 heteroatoms. The van der Waals surface area contributed by atoms with Crippen LogP contribution in [0.25, 0.3) is 0 Å². The second kappa shape index (κ2) is 8.67. The minimum absolute atomic E-state index is 0.0643. The van der Waals surface area contributed by atoms with Gasteiger partial charge in [-0.15, -0.1) is 0 Å². The van der Waals surface area contributed by atoms with Crippen LogP contribution in [0, 0.1) is 12.3 Å². The number of aromatic nitrogens is 2. The highest BCUT2D eigenvalue weighted by atomic mass is 16.5. The van der Waals surface area contributed by atoms with Gasteiger partial charge in [-0.05, 0) is 49.1 Å². The zero-order valence-corrected chi connectivity index (χ0v) is 19.7. The number of aryl methyl sites for hydroxylation is 1. The monoisotopic (exact) mass is 457 g/mol. The number of hydrogen-bond acceptors (Lipinski definition) is 6. The molecule has 3 aliphatic heterocycles. The first kappa shape index (κ1) is 21.6. The van der Waals surface area contributed by atoms with Crippen molar-refractivity contribution in [2.24, 2.45) is 5.41 Å². The Morgan fingerprint density at radius 3 is 2.35 bits per heavy atom. The topological polar surface area (TPSA) is 56.7 Å². The lowest BCUT2D eigenvalue weighted by atomic mass is 9.73. The van der Waals surface area contributed by atoms with Gasteiger partial charge in [0.15, 0.2) is 0 Å². The second-order valence-electron chi connectivity index (χ2n) is 10.1. The number of benzene rings is 2. The van der Waals surface area contributed by atoms with Crippen molar-refractivity contribution in [3.8, 4) is 5.75 Å². The normalized spacial score (nSPS) is 23.3. The van der Waals surface area contributed by atoms with Gasteiger partial charge in [-0.3, -0.25) is 0 Å². The minimum Gasteiger partial charge on any atom is -0.487 e. The SMILES string of the molecule is Cc1ccc(C2(c3ccc(OCc4ccnc(N5CCC6(CCOC6)C5)n4)cc3)COC2)cc1. The number of hydrogen-bond donors (Lipinski definition) is 0. The van der Waals surface area contributed by atoms with Crippen LogP contribution < -0.4 is 9.64 Å². The van der Waals surface area contributed by atoms with Crippen LogP contribution in [0.5, 0.6) is 5.75 Å². The molecule has 1 aromatic heterocycles. The maximum atomic E-state index is 6.08. The molecule has 1 spiro atoms. The molecule has 6 rings (SSSR count). The predicted molar refractivity (Wildman–Crippen MR) is 130 cm³/mol. The zero-order chi connectivity index (χ0) is 23.0. The molecule has 0 radical (unpaired) electrons. The van der Waals surface area contributed by atoms with Crippen LogP contribution in [0.15, 0.2) is 60.8 Å². The molecule has 0 aliphatic carbocycles. The quantitative estimate of drug-likeness (QED) is 0.550. The van der Waals surface area contributed by atoms with Crippen LogP contribution in [0.2, 0.25) is 0 Å². The second-order valence-corrected chi connectivity index (χ2v) is 10.1. The number of anilines is 1. The molecular formula is C28H31N3O3. The summed E-state index contributed by atoms with van der Waals surface area (Å²) in [5, 5.41) is 0. The lowest BCUT2D eigenvalue weighted by Gasteiger charge is -2.42. The molecule has 4 heterocycles. The Balaban J connectivity index is 1.11. The van der Waals surface area contributed by atoms with E-state index in [1.54, 1.807) is 0 Å². The molecule has 3 aliphatic rings. The van der Waals surface area contributed by atoms with Gasteiger partial charge in [0.2, 0.25) is 5.95 Å². The van der Waals surface area contributed by atoms with E-state index in [0.717, 1.165) is 56.5 Å². The predicted octanol–water partition coefficient (Wildman–Crippen LogP) is 4.30. The van der Waals surface area contributed by atoms with Gasteiger partial charge >= 0.3 is 0 Å². The number of ether oxygens (including phenoxy) is 3. The third kappa shape index (κ3) is 3.95.